The first kappa shape index (κ1) is 16.3. The lowest BCUT2D eigenvalue weighted by molar-refractivity contribution is -0.175. The summed E-state index contributed by atoms with van der Waals surface area (Å²) in [5, 5.41) is 1.17. The van der Waals surface area contributed by atoms with Crippen LogP contribution in [0.25, 0.3) is 10.8 Å². The molecule has 3 nitrogen and oxygen atoms in total. The lowest BCUT2D eigenvalue weighted by atomic mass is 10.2. The van der Waals surface area contributed by atoms with Crippen LogP contribution in [0.1, 0.15) is 6.30 Å². The first-order valence-electron chi connectivity index (χ1n) is 6.05. The Balaban J connectivity index is 2.34. The largest absolute Gasteiger partial charge is 0.401 e. The molecule has 1 aromatic carbocycles. The van der Waals surface area contributed by atoms with Gasteiger partial charge in [0.15, 0.2) is 0 Å². The highest BCUT2D eigenvalue weighted by Crippen LogP contribution is 2.28. The second-order valence-electron chi connectivity index (χ2n) is 4.54. The Hall–Kier alpha value is -2.03. The molecule has 0 bridgehead atoms. The molecule has 0 aliphatic carbocycles. The lowest BCUT2D eigenvalue weighted by Gasteiger charge is -2.24. The summed E-state index contributed by atoms with van der Waals surface area (Å²) in [6, 6.07) is 2.56. The first-order valence-corrected chi connectivity index (χ1v) is 6.05. The minimum atomic E-state index is -4.93. The molecule has 0 amide bonds. The normalized spacial score (nSPS) is 14.3. The van der Waals surface area contributed by atoms with Crippen molar-refractivity contribution in [3.05, 3.63) is 46.9 Å². The van der Waals surface area contributed by atoms with Gasteiger partial charge in [-0.2, -0.15) is 22.0 Å². The smallest absolute Gasteiger partial charge is 0.277 e. The molecule has 0 saturated heterocycles. The van der Waals surface area contributed by atoms with Gasteiger partial charge >= 0.3 is 12.2 Å². The molecule has 0 aliphatic rings. The van der Waals surface area contributed by atoms with Crippen LogP contribution in [-0.4, -0.2) is 23.3 Å². The van der Waals surface area contributed by atoms with Crippen molar-refractivity contribution in [3.8, 4) is 0 Å². The zero-order chi connectivity index (χ0) is 16.5. The van der Waals surface area contributed by atoms with Crippen LogP contribution in [0.4, 0.5) is 26.3 Å². The van der Waals surface area contributed by atoms with E-state index < -0.39 is 30.6 Å². The summed E-state index contributed by atoms with van der Waals surface area (Å²) >= 11 is 0. The van der Waals surface area contributed by atoms with Crippen LogP contribution in [0.15, 0.2) is 41.3 Å². The maximum absolute atomic E-state index is 13.9. The number of hydrogen-bond acceptors (Lipinski definition) is 2. The summed E-state index contributed by atoms with van der Waals surface area (Å²) in [6.45, 7) is -2.08. The van der Waals surface area contributed by atoms with E-state index in [0.29, 0.717) is 5.39 Å². The van der Waals surface area contributed by atoms with Crippen LogP contribution < -0.4 is 10.9 Å². The van der Waals surface area contributed by atoms with E-state index in [4.69, 9.17) is 0 Å². The second kappa shape index (κ2) is 5.64. The maximum Gasteiger partial charge on any atom is 0.401 e. The van der Waals surface area contributed by atoms with Crippen LogP contribution in [0.2, 0.25) is 0 Å². The van der Waals surface area contributed by atoms with Crippen molar-refractivity contribution in [2.24, 2.45) is 0 Å². The van der Waals surface area contributed by atoms with E-state index in [0.717, 1.165) is 11.5 Å². The highest BCUT2D eigenvalue weighted by Gasteiger charge is 2.44. The molecule has 2 rings (SSSR count). The van der Waals surface area contributed by atoms with Gasteiger partial charge in [0.05, 0.1) is 6.54 Å². The van der Waals surface area contributed by atoms with E-state index in [2.05, 4.69) is 0 Å². The average Bonchev–Trinajstić information content (AvgIpc) is 2.45. The standard InChI is InChI=1S/C13H10F6N2O/c14-11(13(18,19)20-7-12(15,16)17)21-6-5-8-3-1-2-4-9(8)10(21)22/h1-6,11,20H,7H2. The zero-order valence-electron chi connectivity index (χ0n) is 10.9. The van der Waals surface area contributed by atoms with Crippen molar-refractivity contribution in [3.63, 3.8) is 0 Å². The van der Waals surface area contributed by atoms with Gasteiger partial charge in [0.1, 0.15) is 0 Å². The Morgan fingerprint density at radius 2 is 1.73 bits per heavy atom. The van der Waals surface area contributed by atoms with E-state index in [1.807, 2.05) is 0 Å². The number of hydrogen-bond donors (Lipinski definition) is 1. The van der Waals surface area contributed by atoms with E-state index >= 15 is 0 Å². The molecule has 1 unspecified atom stereocenters. The van der Waals surface area contributed by atoms with Gasteiger partial charge in [-0.25, -0.2) is 9.71 Å². The van der Waals surface area contributed by atoms with Gasteiger partial charge in [0, 0.05) is 11.6 Å². The fraction of sp³-hybridized carbons (Fsp3) is 0.308. The minimum absolute atomic E-state index is 0.0146. The van der Waals surface area contributed by atoms with Gasteiger partial charge in [0.25, 0.3) is 11.9 Å². The minimum Gasteiger partial charge on any atom is -0.277 e. The van der Waals surface area contributed by atoms with Crippen LogP contribution in [0, 0.1) is 0 Å². The fourth-order valence-electron chi connectivity index (χ4n) is 1.86. The molecule has 0 aliphatic heterocycles. The van der Waals surface area contributed by atoms with Crippen molar-refractivity contribution in [2.75, 3.05) is 6.54 Å². The molecular weight excluding hydrogens is 314 g/mol. The first-order chi connectivity index (χ1) is 10.1. The van der Waals surface area contributed by atoms with E-state index in [1.165, 1.54) is 24.3 Å². The number of benzene rings is 1. The van der Waals surface area contributed by atoms with Gasteiger partial charge in [-0.05, 0) is 17.5 Å². The molecule has 22 heavy (non-hydrogen) atoms. The summed E-state index contributed by atoms with van der Waals surface area (Å²) in [7, 11) is 0. The molecule has 1 N–H and O–H groups in total. The summed E-state index contributed by atoms with van der Waals surface area (Å²) < 4.78 is 76.7. The van der Waals surface area contributed by atoms with Gasteiger partial charge in [0.2, 0.25) is 0 Å². The Bertz CT molecular complexity index is 724. The highest BCUT2D eigenvalue weighted by molar-refractivity contribution is 5.81. The molecule has 2 aromatic rings. The predicted molar refractivity (Wildman–Crippen MR) is 67.4 cm³/mol. The molecule has 1 atom stereocenters. The molecule has 120 valence electrons. The van der Waals surface area contributed by atoms with E-state index in [-0.39, 0.29) is 9.95 Å². The maximum atomic E-state index is 13.9. The number of nitrogens with zero attached hydrogens (tertiary/aromatic N) is 1. The van der Waals surface area contributed by atoms with Crippen LogP contribution in [0.3, 0.4) is 0 Å². The Morgan fingerprint density at radius 1 is 1.09 bits per heavy atom. The monoisotopic (exact) mass is 324 g/mol. The molecular formula is C13H10F6N2O. The van der Waals surface area contributed by atoms with Crippen LogP contribution >= 0.6 is 0 Å². The topological polar surface area (TPSA) is 34.0 Å². The van der Waals surface area contributed by atoms with Crippen molar-refractivity contribution in [2.45, 2.75) is 18.5 Å². The Morgan fingerprint density at radius 3 is 2.36 bits per heavy atom. The van der Waals surface area contributed by atoms with Gasteiger partial charge < -0.3 is 0 Å². The molecule has 9 heteroatoms. The number of halogens is 6. The SMILES string of the molecule is O=c1c2ccccc2ccn1C(F)C(F)(F)NCC(F)(F)F. The molecule has 0 fully saturated rings. The zero-order valence-corrected chi connectivity index (χ0v) is 10.9. The van der Waals surface area contributed by atoms with Crippen molar-refractivity contribution < 1.29 is 26.3 Å². The second-order valence-corrected chi connectivity index (χ2v) is 4.54. The van der Waals surface area contributed by atoms with Crippen molar-refractivity contribution in [1.29, 1.82) is 0 Å². The lowest BCUT2D eigenvalue weighted by Crippen LogP contribution is -2.48. The summed E-state index contributed by atoms with van der Waals surface area (Å²) in [6.07, 6.45) is -7.43. The van der Waals surface area contributed by atoms with Crippen LogP contribution in [-0.2, 0) is 0 Å². The number of nitrogens with one attached hydrogen (secondary N) is 1. The van der Waals surface area contributed by atoms with Gasteiger partial charge in [-0.15, -0.1) is 0 Å². The molecule has 1 aromatic heterocycles. The third kappa shape index (κ3) is 3.41. The molecule has 1 heterocycles. The third-order valence-corrected chi connectivity index (χ3v) is 2.91. The van der Waals surface area contributed by atoms with Crippen LogP contribution in [0.5, 0.6) is 0 Å². The summed E-state index contributed by atoms with van der Waals surface area (Å²) in [5.74, 6) is 0. The Labute approximate surface area is 120 Å². The number of rotatable bonds is 4. The quantitative estimate of drug-likeness (QED) is 0.692. The van der Waals surface area contributed by atoms with E-state index in [1.54, 1.807) is 6.07 Å². The van der Waals surface area contributed by atoms with E-state index in [9.17, 15) is 31.1 Å². The van der Waals surface area contributed by atoms with Crippen molar-refractivity contribution in [1.82, 2.24) is 9.88 Å². The number of alkyl halides is 6. The molecule has 0 radical (unpaired) electrons. The molecule has 0 spiro atoms. The highest BCUT2D eigenvalue weighted by atomic mass is 19.4. The summed E-state index contributed by atoms with van der Waals surface area (Å²) in [5.41, 5.74) is -1.06. The van der Waals surface area contributed by atoms with Gasteiger partial charge in [-0.1, -0.05) is 18.2 Å². The Kier molecular flexibility index (Phi) is 4.19. The summed E-state index contributed by atoms with van der Waals surface area (Å²) in [4.78, 5) is 12.0. The third-order valence-electron chi connectivity index (χ3n) is 2.91. The average molecular weight is 324 g/mol. The predicted octanol–water partition coefficient (Wildman–Crippen LogP) is 3.21. The van der Waals surface area contributed by atoms with Crippen molar-refractivity contribution >= 4 is 10.8 Å². The van der Waals surface area contributed by atoms with Gasteiger partial charge in [-0.3, -0.25) is 9.36 Å². The number of pyridine rings is 1. The number of fused-ring (bicyclic) bond motifs is 1. The molecule has 0 saturated carbocycles. The number of aromatic nitrogens is 1. The fourth-order valence-corrected chi connectivity index (χ4v) is 1.86.